The first-order chi connectivity index (χ1) is 13.5. The lowest BCUT2D eigenvalue weighted by molar-refractivity contribution is 0.439. The van der Waals surface area contributed by atoms with Crippen LogP contribution in [0.4, 0.5) is 0 Å². The molecule has 0 aliphatic rings. The Bertz CT molecular complexity index is 1210. The zero-order chi connectivity index (χ0) is 21.6. The van der Waals surface area contributed by atoms with Gasteiger partial charge in [0.1, 0.15) is 11.5 Å². The molecule has 5 nitrogen and oxygen atoms in total. The zero-order valence-electron chi connectivity index (χ0n) is 14.3. The lowest BCUT2D eigenvalue weighted by Crippen LogP contribution is -2.39. The second kappa shape index (κ2) is 7.87. The molecule has 10 heteroatoms. The van der Waals surface area contributed by atoms with Gasteiger partial charge in [-0.05, 0) is 30.3 Å². The van der Waals surface area contributed by atoms with Crippen LogP contribution in [0, 0.1) is 0 Å². The van der Waals surface area contributed by atoms with Gasteiger partial charge in [-0.25, -0.2) is 0 Å². The van der Waals surface area contributed by atoms with Crippen molar-refractivity contribution in [1.82, 2.24) is 0 Å². The van der Waals surface area contributed by atoms with E-state index in [9.17, 15) is 23.2 Å². The number of phenols is 2. The van der Waals surface area contributed by atoms with Crippen molar-refractivity contribution in [2.45, 2.75) is 4.75 Å². The van der Waals surface area contributed by atoms with Gasteiger partial charge in [-0.2, -0.15) is 8.42 Å². The minimum Gasteiger partial charge on any atom is -0.508 e. The number of aromatic hydroxyl groups is 2. The Kier molecular flexibility index (Phi) is 5.98. The third-order valence-corrected chi connectivity index (χ3v) is 7.07. The van der Waals surface area contributed by atoms with Crippen molar-refractivity contribution in [2.24, 2.45) is 0 Å². The lowest BCUT2D eigenvalue weighted by Gasteiger charge is -2.35. The fraction of sp³-hybridized carbons (Fsp3) is 0.0526. The van der Waals surface area contributed by atoms with Gasteiger partial charge in [0.15, 0.2) is 4.75 Å². The van der Waals surface area contributed by atoms with Crippen molar-refractivity contribution in [3.8, 4) is 11.5 Å². The molecule has 1 unspecified atom stereocenters. The normalized spacial score (nSPS) is 13.8. The van der Waals surface area contributed by atoms with E-state index < -0.39 is 31.4 Å². The van der Waals surface area contributed by atoms with E-state index in [2.05, 4.69) is 0 Å². The number of halogens is 4. The SMILES string of the molecule is O=S(=O)(O)C(c1ccccc1O)(c1ccc(Cl)cc1Cl)c1c(Cl)ccc(O)c1Cl. The second-order valence-corrected chi connectivity index (χ2v) is 9.24. The maximum Gasteiger partial charge on any atom is 0.283 e. The van der Waals surface area contributed by atoms with Gasteiger partial charge in [-0.1, -0.05) is 70.7 Å². The fourth-order valence-electron chi connectivity index (χ4n) is 3.23. The van der Waals surface area contributed by atoms with Crippen LogP contribution >= 0.6 is 46.4 Å². The second-order valence-electron chi connectivity index (χ2n) is 6.05. The van der Waals surface area contributed by atoms with E-state index >= 15 is 0 Å². The van der Waals surface area contributed by atoms with Crippen molar-refractivity contribution in [1.29, 1.82) is 0 Å². The topological polar surface area (TPSA) is 94.8 Å². The largest absolute Gasteiger partial charge is 0.508 e. The summed E-state index contributed by atoms with van der Waals surface area (Å²) >= 11 is 24.9. The number of benzene rings is 3. The van der Waals surface area contributed by atoms with Crippen molar-refractivity contribution < 1.29 is 23.2 Å². The van der Waals surface area contributed by atoms with Gasteiger partial charge < -0.3 is 10.2 Å². The monoisotopic (exact) mass is 492 g/mol. The molecule has 0 fully saturated rings. The van der Waals surface area contributed by atoms with Crippen LogP contribution < -0.4 is 0 Å². The molecule has 0 aliphatic heterocycles. The average molecular weight is 494 g/mol. The first-order valence-electron chi connectivity index (χ1n) is 7.90. The molecule has 0 aromatic heterocycles. The van der Waals surface area contributed by atoms with Crippen LogP contribution in [0.2, 0.25) is 20.1 Å². The van der Waals surface area contributed by atoms with Crippen molar-refractivity contribution in [3.05, 3.63) is 91.4 Å². The van der Waals surface area contributed by atoms with Crippen LogP contribution in [0.3, 0.4) is 0 Å². The van der Waals surface area contributed by atoms with E-state index in [4.69, 9.17) is 46.4 Å². The van der Waals surface area contributed by atoms with Gasteiger partial charge in [0.05, 0.1) is 5.02 Å². The molecule has 3 aromatic rings. The standard InChI is InChI=1S/C19H12Cl4O5S/c20-10-5-6-11(14(22)9-10)19(29(26,27)28,12-3-1-2-4-15(12)24)17-13(21)7-8-16(25)18(17)23/h1-9,24-25H,(H,26,27,28). The van der Waals surface area contributed by atoms with Crippen molar-refractivity contribution in [2.75, 3.05) is 0 Å². The Morgan fingerprint density at radius 1 is 0.759 bits per heavy atom. The molecule has 0 saturated carbocycles. The van der Waals surface area contributed by atoms with E-state index in [1.54, 1.807) is 0 Å². The molecule has 152 valence electrons. The number of hydrogen-bond donors (Lipinski definition) is 3. The minimum absolute atomic E-state index is 0.145. The molecule has 0 heterocycles. The highest BCUT2D eigenvalue weighted by Gasteiger charge is 2.53. The van der Waals surface area contributed by atoms with E-state index in [-0.39, 0.29) is 31.8 Å². The predicted octanol–water partition coefficient (Wildman–Crippen LogP) is 5.89. The molecule has 29 heavy (non-hydrogen) atoms. The van der Waals surface area contributed by atoms with E-state index in [0.29, 0.717) is 0 Å². The number of hydrogen-bond acceptors (Lipinski definition) is 4. The summed E-state index contributed by atoms with van der Waals surface area (Å²) in [6, 6.07) is 11.7. The van der Waals surface area contributed by atoms with Crippen LogP contribution in [-0.2, 0) is 14.9 Å². The highest BCUT2D eigenvalue weighted by atomic mass is 35.5. The molecule has 3 N–H and O–H groups in total. The number of rotatable bonds is 4. The summed E-state index contributed by atoms with van der Waals surface area (Å²) in [5, 5.41) is 20.1. The van der Waals surface area contributed by atoms with Crippen LogP contribution in [-0.4, -0.2) is 23.2 Å². The molecule has 0 radical (unpaired) electrons. The summed E-state index contributed by atoms with van der Waals surface area (Å²) in [4.78, 5) is 0. The van der Waals surface area contributed by atoms with Crippen LogP contribution in [0.5, 0.6) is 11.5 Å². The minimum atomic E-state index is -5.17. The van der Waals surface area contributed by atoms with Gasteiger partial charge in [-0.3, -0.25) is 4.55 Å². The third kappa shape index (κ3) is 3.54. The summed E-state index contributed by atoms with van der Waals surface area (Å²) in [7, 11) is -5.17. The van der Waals surface area contributed by atoms with E-state index in [0.717, 1.165) is 6.07 Å². The molecule has 0 aliphatic carbocycles. The molecular formula is C19H12Cl4O5S. The molecular weight excluding hydrogens is 482 g/mol. The van der Waals surface area contributed by atoms with Gasteiger partial charge in [-0.15, -0.1) is 0 Å². The summed E-state index contributed by atoms with van der Waals surface area (Å²) < 4.78 is 34.0. The Morgan fingerprint density at radius 3 is 2.00 bits per heavy atom. The summed E-state index contributed by atoms with van der Waals surface area (Å²) in [6.07, 6.45) is 0. The first kappa shape index (κ1) is 22.0. The van der Waals surface area contributed by atoms with Crippen LogP contribution in [0.15, 0.2) is 54.6 Å². The van der Waals surface area contributed by atoms with E-state index in [1.165, 1.54) is 48.5 Å². The number of phenolic OH excluding ortho intramolecular Hbond substituents is 2. The van der Waals surface area contributed by atoms with Crippen LogP contribution in [0.25, 0.3) is 0 Å². The molecule has 3 aromatic carbocycles. The Balaban J connectivity index is 2.68. The maximum absolute atomic E-state index is 13.0. The fourth-order valence-corrected chi connectivity index (χ4v) is 5.98. The Morgan fingerprint density at radius 2 is 1.41 bits per heavy atom. The predicted molar refractivity (Wildman–Crippen MR) is 114 cm³/mol. The van der Waals surface area contributed by atoms with E-state index in [1.807, 2.05) is 0 Å². The molecule has 1 atom stereocenters. The smallest absolute Gasteiger partial charge is 0.283 e. The summed E-state index contributed by atoms with van der Waals surface area (Å²) in [5.74, 6) is -0.966. The first-order valence-corrected chi connectivity index (χ1v) is 10.9. The Labute approximate surface area is 186 Å². The molecule has 3 rings (SSSR count). The highest BCUT2D eigenvalue weighted by Crippen LogP contribution is 2.54. The Hall–Kier alpha value is -1.67. The van der Waals surface area contributed by atoms with Crippen molar-refractivity contribution in [3.63, 3.8) is 0 Å². The highest BCUT2D eigenvalue weighted by molar-refractivity contribution is 7.87. The van der Waals surface area contributed by atoms with Gasteiger partial charge >= 0.3 is 0 Å². The summed E-state index contributed by atoms with van der Waals surface area (Å²) in [6.45, 7) is 0. The van der Waals surface area contributed by atoms with Gasteiger partial charge in [0.25, 0.3) is 10.1 Å². The third-order valence-electron chi connectivity index (χ3n) is 4.40. The quantitative estimate of drug-likeness (QED) is 0.311. The van der Waals surface area contributed by atoms with Gasteiger partial charge in [0, 0.05) is 31.8 Å². The average Bonchev–Trinajstić information content (AvgIpc) is 2.62. The van der Waals surface area contributed by atoms with Crippen molar-refractivity contribution >= 4 is 56.5 Å². The number of para-hydroxylation sites is 1. The maximum atomic E-state index is 13.0. The molecule has 0 bridgehead atoms. The molecule has 0 saturated heterocycles. The summed E-state index contributed by atoms with van der Waals surface area (Å²) in [5.41, 5.74) is -0.836. The van der Waals surface area contributed by atoms with Gasteiger partial charge in [0.2, 0.25) is 0 Å². The van der Waals surface area contributed by atoms with Crippen LogP contribution in [0.1, 0.15) is 16.7 Å². The zero-order valence-corrected chi connectivity index (χ0v) is 18.1. The molecule has 0 spiro atoms. The lowest BCUT2D eigenvalue weighted by atomic mass is 9.83. The molecule has 0 amide bonds.